The van der Waals surface area contributed by atoms with E-state index in [9.17, 15) is 18.0 Å². The number of benzene rings is 2. The van der Waals surface area contributed by atoms with E-state index in [1.54, 1.807) is 13.2 Å². The molecule has 5 fully saturated rings. The summed E-state index contributed by atoms with van der Waals surface area (Å²) in [6, 6.07) is 12.3. The first-order chi connectivity index (χ1) is 23.3. The molecular weight excluding hydrogens is 627 g/mol. The van der Waals surface area contributed by atoms with Gasteiger partial charge in [0.25, 0.3) is 5.91 Å². The monoisotopic (exact) mass is 671 g/mol. The van der Waals surface area contributed by atoms with E-state index in [1.807, 2.05) is 18.2 Å². The van der Waals surface area contributed by atoms with Crippen LogP contribution < -0.4 is 9.46 Å². The Labute approximate surface area is 282 Å². The molecule has 2 bridgehead atoms. The van der Waals surface area contributed by atoms with E-state index in [2.05, 4.69) is 26.3 Å². The minimum Gasteiger partial charge on any atom is -0.497 e. The molecule has 2 saturated heterocycles. The largest absolute Gasteiger partial charge is 0.497 e. The molecule has 4 heterocycles. The van der Waals surface area contributed by atoms with Gasteiger partial charge in [-0.3, -0.25) is 9.59 Å². The summed E-state index contributed by atoms with van der Waals surface area (Å²) in [6.45, 7) is 1.71. The SMILES string of the molecule is COc1ccc2c(c1)C1CC1(C(=O)N1C3CCC1COC3)Cn1c-2c(C2CCCCC2)c2ccc(C(=O)NS(=O)(=O)C3CCCC3)cc21. The molecule has 0 spiro atoms. The fourth-order valence-corrected chi connectivity index (χ4v) is 11.6. The number of hydrogen-bond acceptors (Lipinski definition) is 6. The van der Waals surface area contributed by atoms with Gasteiger partial charge in [-0.2, -0.15) is 0 Å². The predicted molar refractivity (Wildman–Crippen MR) is 183 cm³/mol. The van der Waals surface area contributed by atoms with Crippen LogP contribution in [0.5, 0.6) is 5.75 Å². The molecule has 48 heavy (non-hydrogen) atoms. The smallest absolute Gasteiger partial charge is 0.264 e. The molecular formula is C38H45N3O6S. The molecule has 3 aromatic rings. The van der Waals surface area contributed by atoms with E-state index in [-0.39, 0.29) is 23.9 Å². The second-order valence-electron chi connectivity index (χ2n) is 15.3. The molecule has 3 saturated carbocycles. The highest BCUT2D eigenvalue weighted by Gasteiger charge is 2.65. The summed E-state index contributed by atoms with van der Waals surface area (Å²) in [5, 5.41) is 0.580. The third-order valence-corrected chi connectivity index (χ3v) is 14.5. The van der Waals surface area contributed by atoms with E-state index in [0.29, 0.717) is 44.1 Å². The third-order valence-electron chi connectivity index (χ3n) is 12.7. The average molecular weight is 672 g/mol. The third kappa shape index (κ3) is 4.68. The van der Waals surface area contributed by atoms with Crippen molar-refractivity contribution in [1.82, 2.24) is 14.2 Å². The summed E-state index contributed by atoms with van der Waals surface area (Å²) in [5.74, 6) is 0.861. The van der Waals surface area contributed by atoms with Crippen LogP contribution in [0.4, 0.5) is 0 Å². The van der Waals surface area contributed by atoms with Gasteiger partial charge in [0.05, 0.1) is 48.8 Å². The highest BCUT2D eigenvalue weighted by atomic mass is 32.2. The van der Waals surface area contributed by atoms with Gasteiger partial charge in [-0.15, -0.1) is 0 Å². The molecule has 2 amide bonds. The van der Waals surface area contributed by atoms with Crippen molar-refractivity contribution in [2.45, 2.75) is 113 Å². The van der Waals surface area contributed by atoms with Crippen LogP contribution in [-0.2, 0) is 26.1 Å². The minimum atomic E-state index is -3.76. The van der Waals surface area contributed by atoms with E-state index in [0.717, 1.165) is 72.9 Å². The van der Waals surface area contributed by atoms with E-state index >= 15 is 0 Å². The standard InChI is InChI=1S/C38H45N3O6S/c1-46-27-14-16-29-31(18-27)32-19-38(32,37(43)41-25-12-13-26(41)21-47-20-25)22-40-33-17-24(36(42)39-48(44,45)28-9-5-6-10-28)11-15-30(33)34(35(29)40)23-7-3-2-4-8-23/h11,14-18,23,25-26,28,32H,2-10,12-13,19-22H2,1H3,(H,39,42). The quantitative estimate of drug-likeness (QED) is 0.333. The summed E-state index contributed by atoms with van der Waals surface area (Å²) in [7, 11) is -2.07. The maximum Gasteiger partial charge on any atom is 0.264 e. The Morgan fingerprint density at radius 2 is 1.65 bits per heavy atom. The van der Waals surface area contributed by atoms with Crippen LogP contribution >= 0.6 is 0 Å². The van der Waals surface area contributed by atoms with Gasteiger partial charge in [0.1, 0.15) is 5.75 Å². The zero-order chi connectivity index (χ0) is 32.8. The molecule has 254 valence electrons. The normalized spacial score (nSPS) is 28.4. The summed E-state index contributed by atoms with van der Waals surface area (Å²) in [6.07, 6.45) is 11.4. The Bertz CT molecular complexity index is 1910. The number of hydrogen-bond donors (Lipinski definition) is 1. The number of amides is 2. The lowest BCUT2D eigenvalue weighted by Gasteiger charge is -2.37. The molecule has 4 atom stereocenters. The van der Waals surface area contributed by atoms with Crippen LogP contribution in [0.3, 0.4) is 0 Å². The zero-order valence-corrected chi connectivity index (χ0v) is 28.5. The van der Waals surface area contributed by atoms with Gasteiger partial charge in [0.2, 0.25) is 15.9 Å². The van der Waals surface area contributed by atoms with Crippen molar-refractivity contribution in [2.24, 2.45) is 5.41 Å². The highest BCUT2D eigenvalue weighted by molar-refractivity contribution is 7.90. The maximum absolute atomic E-state index is 14.9. The lowest BCUT2D eigenvalue weighted by molar-refractivity contribution is -0.147. The van der Waals surface area contributed by atoms with Gasteiger partial charge in [-0.05, 0) is 92.3 Å². The predicted octanol–water partition coefficient (Wildman–Crippen LogP) is 6.24. The van der Waals surface area contributed by atoms with Crippen LogP contribution in [0.25, 0.3) is 22.2 Å². The highest BCUT2D eigenvalue weighted by Crippen LogP contribution is 2.66. The zero-order valence-electron chi connectivity index (χ0n) is 27.7. The van der Waals surface area contributed by atoms with Crippen molar-refractivity contribution in [3.8, 4) is 17.0 Å². The van der Waals surface area contributed by atoms with Gasteiger partial charge in [-0.25, -0.2) is 13.1 Å². The van der Waals surface area contributed by atoms with E-state index in [1.165, 1.54) is 30.4 Å². The van der Waals surface area contributed by atoms with Crippen LogP contribution in [0, 0.1) is 5.41 Å². The summed E-state index contributed by atoms with van der Waals surface area (Å²) in [4.78, 5) is 30.7. The number of rotatable bonds is 6. The lowest BCUT2D eigenvalue weighted by atomic mass is 9.81. The number of nitrogens with zero attached hydrogens (tertiary/aromatic N) is 2. The molecule has 1 aromatic heterocycles. The van der Waals surface area contributed by atoms with Crippen LogP contribution in [-0.4, -0.2) is 67.4 Å². The number of aromatic nitrogens is 1. The van der Waals surface area contributed by atoms with Crippen LogP contribution in [0.2, 0.25) is 0 Å². The number of methoxy groups -OCH3 is 1. The first kappa shape index (κ1) is 30.7. The molecule has 9 nitrogen and oxygen atoms in total. The number of sulfonamides is 1. The van der Waals surface area contributed by atoms with E-state index in [4.69, 9.17) is 9.47 Å². The molecule has 0 radical (unpaired) electrons. The summed E-state index contributed by atoms with van der Waals surface area (Å²) >= 11 is 0. The Morgan fingerprint density at radius 1 is 0.917 bits per heavy atom. The second-order valence-corrected chi connectivity index (χ2v) is 17.3. The van der Waals surface area contributed by atoms with Crippen molar-refractivity contribution < 1.29 is 27.5 Å². The van der Waals surface area contributed by atoms with Crippen molar-refractivity contribution in [3.63, 3.8) is 0 Å². The number of carbonyl (C=O) groups is 2. The van der Waals surface area contributed by atoms with Crippen LogP contribution in [0.15, 0.2) is 36.4 Å². The molecule has 4 unspecified atom stereocenters. The van der Waals surface area contributed by atoms with Gasteiger partial charge < -0.3 is 18.9 Å². The fraction of sp³-hybridized carbons (Fsp3) is 0.579. The average Bonchev–Trinajstić information content (AvgIpc) is 3.32. The van der Waals surface area contributed by atoms with Gasteiger partial charge in [-0.1, -0.05) is 38.2 Å². The van der Waals surface area contributed by atoms with Crippen molar-refractivity contribution in [2.75, 3.05) is 20.3 Å². The van der Waals surface area contributed by atoms with Gasteiger partial charge >= 0.3 is 0 Å². The van der Waals surface area contributed by atoms with Crippen molar-refractivity contribution >= 4 is 32.7 Å². The Kier molecular flexibility index (Phi) is 7.24. The van der Waals surface area contributed by atoms with Crippen LogP contribution in [0.1, 0.15) is 110 Å². The molecule has 6 aliphatic rings. The number of carbonyl (C=O) groups excluding carboxylic acids is 2. The summed E-state index contributed by atoms with van der Waals surface area (Å²) < 4.78 is 42.6. The Balaban J connectivity index is 1.21. The first-order valence-corrected chi connectivity index (χ1v) is 19.6. The molecule has 3 aliphatic carbocycles. The maximum atomic E-state index is 14.9. The number of fused-ring (bicyclic) bond motifs is 9. The Morgan fingerprint density at radius 3 is 2.38 bits per heavy atom. The molecule has 9 rings (SSSR count). The van der Waals surface area contributed by atoms with Crippen molar-refractivity contribution in [1.29, 1.82) is 0 Å². The van der Waals surface area contributed by atoms with Gasteiger partial charge in [0, 0.05) is 34.5 Å². The number of ether oxygens (including phenoxy) is 2. The minimum absolute atomic E-state index is 0.0644. The van der Waals surface area contributed by atoms with Crippen molar-refractivity contribution in [3.05, 3.63) is 53.1 Å². The molecule has 10 heteroatoms. The first-order valence-electron chi connectivity index (χ1n) is 18.1. The Hall–Kier alpha value is -3.37. The van der Waals surface area contributed by atoms with E-state index < -0.39 is 26.6 Å². The summed E-state index contributed by atoms with van der Waals surface area (Å²) in [5.41, 5.74) is 5.39. The number of morpholine rings is 1. The second kappa shape index (κ2) is 11.3. The number of nitrogens with one attached hydrogen (secondary N) is 1. The molecule has 1 N–H and O–H groups in total. The topological polar surface area (TPSA) is 107 Å². The fourth-order valence-electron chi connectivity index (χ4n) is 10.1. The lowest BCUT2D eigenvalue weighted by Crippen LogP contribution is -2.52. The molecule has 3 aliphatic heterocycles. The molecule has 2 aromatic carbocycles. The van der Waals surface area contributed by atoms with Gasteiger partial charge in [0.15, 0.2) is 0 Å².